The van der Waals surface area contributed by atoms with E-state index in [0.29, 0.717) is 30.9 Å². The monoisotopic (exact) mass is 609 g/mol. The predicted molar refractivity (Wildman–Crippen MR) is 147 cm³/mol. The summed E-state index contributed by atoms with van der Waals surface area (Å²) in [4.78, 5) is 39.0. The van der Waals surface area contributed by atoms with Gasteiger partial charge in [-0.25, -0.2) is 24.1 Å². The van der Waals surface area contributed by atoms with Crippen molar-refractivity contribution in [3.05, 3.63) is 58.4 Å². The SMILES string of the molecule is Cc1cnc(-c2cc(OC3CCN(C(=O)OC(C)(C)C)CC3)cc(C(=O)NC(C)c3cnc(C(F)(F)F)nc3)c2F)s1. The van der Waals surface area contributed by atoms with E-state index in [-0.39, 0.29) is 28.5 Å². The van der Waals surface area contributed by atoms with Gasteiger partial charge in [0.15, 0.2) is 0 Å². The van der Waals surface area contributed by atoms with Crippen molar-refractivity contribution < 1.29 is 36.6 Å². The van der Waals surface area contributed by atoms with Gasteiger partial charge in [0.1, 0.15) is 28.3 Å². The molecule has 0 bridgehead atoms. The number of likely N-dealkylation sites (tertiary alicyclic amines) is 1. The molecule has 1 unspecified atom stereocenters. The van der Waals surface area contributed by atoms with Crippen LogP contribution in [0.5, 0.6) is 5.75 Å². The Balaban J connectivity index is 1.53. The molecule has 2 amide bonds. The van der Waals surface area contributed by atoms with Crippen molar-refractivity contribution in [2.24, 2.45) is 0 Å². The Labute approximate surface area is 244 Å². The molecule has 9 nitrogen and oxygen atoms in total. The smallest absolute Gasteiger partial charge is 0.451 e. The number of benzene rings is 1. The fourth-order valence-electron chi connectivity index (χ4n) is 4.21. The Morgan fingerprint density at radius 1 is 1.07 bits per heavy atom. The predicted octanol–water partition coefficient (Wildman–Crippen LogP) is 6.34. The number of rotatable bonds is 6. The molecule has 0 radical (unpaired) electrons. The molecule has 4 rings (SSSR count). The first kappa shape index (κ1) is 31.1. The number of hydrogen-bond acceptors (Lipinski definition) is 8. The maximum absolute atomic E-state index is 15.7. The van der Waals surface area contributed by atoms with Gasteiger partial charge in [-0.15, -0.1) is 11.3 Å². The van der Waals surface area contributed by atoms with Crippen LogP contribution in [0.4, 0.5) is 22.4 Å². The Kier molecular flexibility index (Phi) is 9.04. The first-order valence-corrected chi connectivity index (χ1v) is 14.0. The summed E-state index contributed by atoms with van der Waals surface area (Å²) in [6.07, 6.45) is -0.912. The molecule has 226 valence electrons. The number of nitrogens with zero attached hydrogens (tertiary/aromatic N) is 4. The Morgan fingerprint density at radius 2 is 1.71 bits per heavy atom. The van der Waals surface area contributed by atoms with Gasteiger partial charge in [0.25, 0.3) is 5.91 Å². The number of hydrogen-bond donors (Lipinski definition) is 1. The highest BCUT2D eigenvalue weighted by Gasteiger charge is 2.34. The zero-order valence-corrected chi connectivity index (χ0v) is 24.5. The van der Waals surface area contributed by atoms with Crippen LogP contribution >= 0.6 is 11.3 Å². The van der Waals surface area contributed by atoms with E-state index in [9.17, 15) is 22.8 Å². The van der Waals surface area contributed by atoms with Crippen molar-refractivity contribution in [2.45, 2.75) is 71.4 Å². The fourth-order valence-corrected chi connectivity index (χ4v) is 4.98. The molecule has 14 heteroatoms. The quantitative estimate of drug-likeness (QED) is 0.325. The highest BCUT2D eigenvalue weighted by Crippen LogP contribution is 2.34. The summed E-state index contributed by atoms with van der Waals surface area (Å²) in [5, 5.41) is 2.95. The van der Waals surface area contributed by atoms with Crippen molar-refractivity contribution in [3.8, 4) is 16.3 Å². The van der Waals surface area contributed by atoms with Gasteiger partial charge in [-0.1, -0.05) is 0 Å². The van der Waals surface area contributed by atoms with Crippen LogP contribution in [0.2, 0.25) is 0 Å². The third-order valence-corrected chi connectivity index (χ3v) is 7.26. The lowest BCUT2D eigenvalue weighted by Crippen LogP contribution is -2.44. The molecule has 2 aromatic heterocycles. The molecule has 1 aromatic carbocycles. The summed E-state index contributed by atoms with van der Waals surface area (Å²) >= 11 is 1.25. The summed E-state index contributed by atoms with van der Waals surface area (Å²) in [6, 6.07) is 1.94. The minimum Gasteiger partial charge on any atom is -0.490 e. The van der Waals surface area contributed by atoms with Crippen molar-refractivity contribution in [2.75, 3.05) is 13.1 Å². The zero-order valence-electron chi connectivity index (χ0n) is 23.7. The maximum atomic E-state index is 15.7. The van der Waals surface area contributed by atoms with Crippen LogP contribution in [0.1, 0.15) is 73.2 Å². The fraction of sp³-hybridized carbons (Fsp3) is 0.464. The number of amides is 2. The summed E-state index contributed by atoms with van der Waals surface area (Å²) in [5.74, 6) is -2.68. The minimum absolute atomic E-state index is 0.0763. The number of carbonyl (C=O) groups is 2. The largest absolute Gasteiger partial charge is 0.490 e. The van der Waals surface area contributed by atoms with Gasteiger partial charge in [0, 0.05) is 55.0 Å². The average molecular weight is 610 g/mol. The zero-order chi connectivity index (χ0) is 30.8. The molecule has 1 aliphatic rings. The van der Waals surface area contributed by atoms with E-state index >= 15 is 4.39 Å². The van der Waals surface area contributed by atoms with Gasteiger partial charge in [0.2, 0.25) is 5.82 Å². The number of carbonyl (C=O) groups excluding carboxylic acids is 2. The van der Waals surface area contributed by atoms with E-state index in [1.165, 1.54) is 30.4 Å². The van der Waals surface area contributed by atoms with Crippen LogP contribution in [0.15, 0.2) is 30.7 Å². The summed E-state index contributed by atoms with van der Waals surface area (Å²) in [5.41, 5.74) is -0.651. The number of nitrogens with one attached hydrogen (secondary N) is 1. The van der Waals surface area contributed by atoms with E-state index in [2.05, 4.69) is 20.3 Å². The molecule has 0 saturated carbocycles. The number of alkyl halides is 3. The van der Waals surface area contributed by atoms with Crippen molar-refractivity contribution in [3.63, 3.8) is 0 Å². The highest BCUT2D eigenvalue weighted by atomic mass is 32.1. The Morgan fingerprint density at radius 3 is 2.26 bits per heavy atom. The van der Waals surface area contributed by atoms with Gasteiger partial charge in [0.05, 0.1) is 17.2 Å². The first-order chi connectivity index (χ1) is 19.6. The Bertz CT molecular complexity index is 1430. The lowest BCUT2D eigenvalue weighted by atomic mass is 10.1. The van der Waals surface area contributed by atoms with Gasteiger partial charge in [-0.2, -0.15) is 13.2 Å². The molecule has 1 atom stereocenters. The number of aryl methyl sites for hydroxylation is 1. The second kappa shape index (κ2) is 12.2. The van der Waals surface area contributed by atoms with Crippen LogP contribution in [-0.4, -0.2) is 56.6 Å². The second-order valence-corrected chi connectivity index (χ2v) is 12.2. The third-order valence-electron chi connectivity index (χ3n) is 6.31. The van der Waals surface area contributed by atoms with Crippen LogP contribution < -0.4 is 10.1 Å². The van der Waals surface area contributed by atoms with E-state index in [4.69, 9.17) is 9.47 Å². The first-order valence-electron chi connectivity index (χ1n) is 13.2. The second-order valence-electron chi connectivity index (χ2n) is 10.9. The lowest BCUT2D eigenvalue weighted by Gasteiger charge is -2.33. The van der Waals surface area contributed by atoms with Crippen LogP contribution in [0.3, 0.4) is 0 Å². The van der Waals surface area contributed by atoms with Crippen molar-refractivity contribution >= 4 is 23.3 Å². The van der Waals surface area contributed by atoms with Crippen molar-refractivity contribution in [1.29, 1.82) is 0 Å². The van der Waals surface area contributed by atoms with Crippen molar-refractivity contribution in [1.82, 2.24) is 25.2 Å². The molecular weight excluding hydrogens is 578 g/mol. The average Bonchev–Trinajstić information content (AvgIpc) is 3.34. The van der Waals surface area contributed by atoms with Gasteiger partial charge in [-0.05, 0) is 46.8 Å². The molecule has 1 saturated heterocycles. The van der Waals surface area contributed by atoms with Gasteiger partial charge >= 0.3 is 12.3 Å². The molecule has 3 heterocycles. The minimum atomic E-state index is -4.70. The number of thiazole rings is 1. The summed E-state index contributed by atoms with van der Waals surface area (Å²) in [7, 11) is 0. The summed E-state index contributed by atoms with van der Waals surface area (Å²) in [6.45, 7) is 9.53. The molecule has 1 aliphatic heterocycles. The number of aromatic nitrogens is 3. The normalized spacial score (nSPS) is 15.3. The van der Waals surface area contributed by atoms with Crippen LogP contribution in [0, 0.1) is 12.7 Å². The highest BCUT2D eigenvalue weighted by molar-refractivity contribution is 7.14. The molecular formula is C28H31F4N5O4S. The topological polar surface area (TPSA) is 107 Å². The van der Waals surface area contributed by atoms with Crippen LogP contribution in [-0.2, 0) is 10.9 Å². The number of halogens is 4. The van der Waals surface area contributed by atoms with E-state index < -0.39 is 41.5 Å². The molecule has 3 aromatic rings. The van der Waals surface area contributed by atoms with Crippen LogP contribution in [0.25, 0.3) is 10.6 Å². The maximum Gasteiger partial charge on any atom is 0.451 e. The van der Waals surface area contributed by atoms with E-state index in [0.717, 1.165) is 17.3 Å². The standard InChI is InChI=1S/C28H31F4N5O4S/c1-15-12-33-24(42-15)21-11-19(40-18-6-8-37(9-7-18)26(39)41-27(3,4)5)10-20(22(21)29)23(38)36-16(2)17-13-34-25(35-14-17)28(30,31)32/h10-14,16,18H,6-9H2,1-5H3,(H,36,38). The molecule has 42 heavy (non-hydrogen) atoms. The number of ether oxygens (including phenoxy) is 2. The van der Waals surface area contributed by atoms with E-state index in [1.54, 1.807) is 31.9 Å². The van der Waals surface area contributed by atoms with Gasteiger partial charge in [-0.3, -0.25) is 4.79 Å². The molecule has 1 N–H and O–H groups in total. The Hall–Kier alpha value is -3.81. The third kappa shape index (κ3) is 7.72. The molecule has 0 aliphatic carbocycles. The lowest BCUT2D eigenvalue weighted by molar-refractivity contribution is -0.145. The molecule has 1 fully saturated rings. The molecule has 0 spiro atoms. The number of piperidine rings is 1. The van der Waals surface area contributed by atoms with E-state index in [1.807, 2.05) is 6.92 Å². The van der Waals surface area contributed by atoms with Gasteiger partial charge < -0.3 is 19.7 Å². The summed E-state index contributed by atoms with van der Waals surface area (Å²) < 4.78 is 65.8.